The summed E-state index contributed by atoms with van der Waals surface area (Å²) in [5.41, 5.74) is 7.90. The van der Waals surface area contributed by atoms with E-state index in [1.807, 2.05) is 41.0 Å². The first kappa shape index (κ1) is 27.7. The zero-order chi connectivity index (χ0) is 28.0. The van der Waals surface area contributed by atoms with E-state index in [4.69, 9.17) is 24.3 Å². The number of esters is 1. The molecule has 0 bridgehead atoms. The molecule has 4 atom stereocenters. The van der Waals surface area contributed by atoms with Crippen molar-refractivity contribution >= 4 is 30.7 Å². The summed E-state index contributed by atoms with van der Waals surface area (Å²) in [6.45, 7) is 2.16. The van der Waals surface area contributed by atoms with Crippen molar-refractivity contribution in [3.63, 3.8) is 0 Å². The molecule has 13 heteroatoms. The molecule has 4 aromatic rings. The normalized spacial score (nSPS) is 19.2. The van der Waals surface area contributed by atoms with Crippen LogP contribution >= 0.6 is 7.75 Å². The van der Waals surface area contributed by atoms with E-state index in [0.29, 0.717) is 35.7 Å². The summed E-state index contributed by atoms with van der Waals surface area (Å²) in [6, 6.07) is 17.0. The van der Waals surface area contributed by atoms with Gasteiger partial charge in [-0.05, 0) is 37.5 Å². The molecular weight excluding hydrogens is 535 g/mol. The number of nitrogens with two attached hydrogens (primary N) is 1. The smallest absolute Gasteiger partial charge is 0.459 e. The number of carbonyl (C=O) groups excluding carboxylic acids is 1. The topological polar surface area (TPSA) is 153 Å². The average Bonchev–Trinajstić information content (AvgIpc) is 3.59. The van der Waals surface area contributed by atoms with Crippen LogP contribution in [-0.2, 0) is 36.5 Å². The van der Waals surface area contributed by atoms with Crippen molar-refractivity contribution in [1.29, 1.82) is 0 Å². The van der Waals surface area contributed by atoms with Crippen LogP contribution in [0.4, 0.5) is 5.82 Å². The number of hydrogen-bond acceptors (Lipinski definition) is 10. The maximum absolute atomic E-state index is 13.8. The third-order valence-corrected chi connectivity index (χ3v) is 8.00. The lowest BCUT2D eigenvalue weighted by molar-refractivity contribution is -0.146. The van der Waals surface area contributed by atoms with Crippen LogP contribution in [0.3, 0.4) is 0 Å². The molecule has 2 aromatic heterocycles. The van der Waals surface area contributed by atoms with Crippen LogP contribution in [0.5, 0.6) is 5.75 Å². The van der Waals surface area contributed by atoms with Crippen molar-refractivity contribution < 1.29 is 27.9 Å². The summed E-state index contributed by atoms with van der Waals surface area (Å²) < 4.78 is 38.7. The quantitative estimate of drug-likeness (QED) is 0.190. The van der Waals surface area contributed by atoms with Crippen LogP contribution in [-0.4, -0.2) is 50.3 Å². The predicted octanol–water partition coefficient (Wildman–Crippen LogP) is 3.88. The standard InChI is InChI=1S/C27H31N6O6P/c1-19(27(34)36-15-20-8-4-2-5-9-20)32-40(35,39-21-10-6-3-7-11-21)37-16-23-13-12-22(38-23)14-33-18-31-24-25(28)29-17-30-26(24)33/h2-11,17-19,22-23H,12-16H2,1H3,(H,32,35)(H2,28,29,30)/t19-,22+,23-,40?/m0/s1. The Hall–Kier alpha value is -3.83. The van der Waals surface area contributed by atoms with Gasteiger partial charge in [0.15, 0.2) is 11.5 Å². The molecule has 0 aliphatic carbocycles. The van der Waals surface area contributed by atoms with Gasteiger partial charge in [-0.15, -0.1) is 0 Å². The number of hydrogen-bond donors (Lipinski definition) is 2. The van der Waals surface area contributed by atoms with Crippen molar-refractivity contribution in [1.82, 2.24) is 24.6 Å². The molecule has 3 heterocycles. The van der Waals surface area contributed by atoms with E-state index in [1.54, 1.807) is 37.5 Å². The van der Waals surface area contributed by atoms with Crippen LogP contribution in [0.25, 0.3) is 11.2 Å². The molecule has 1 saturated heterocycles. The molecule has 2 aromatic carbocycles. The highest BCUT2D eigenvalue weighted by atomic mass is 31.2. The number of nitrogens with zero attached hydrogens (tertiary/aromatic N) is 4. The fraction of sp³-hybridized carbons (Fsp3) is 0.333. The van der Waals surface area contributed by atoms with E-state index in [0.717, 1.165) is 12.0 Å². The number of ether oxygens (including phenoxy) is 2. The van der Waals surface area contributed by atoms with Crippen LogP contribution < -0.4 is 15.3 Å². The summed E-state index contributed by atoms with van der Waals surface area (Å²) >= 11 is 0. The number of aromatic nitrogens is 4. The molecule has 0 amide bonds. The third kappa shape index (κ3) is 7.02. The van der Waals surface area contributed by atoms with Gasteiger partial charge in [0.2, 0.25) is 0 Å². The second-order valence-electron chi connectivity index (χ2n) is 9.43. The van der Waals surface area contributed by atoms with Crippen LogP contribution in [0.15, 0.2) is 73.3 Å². The Bertz CT molecular complexity index is 1470. The van der Waals surface area contributed by atoms with E-state index < -0.39 is 19.8 Å². The minimum absolute atomic E-state index is 0.000805. The number of anilines is 1. The van der Waals surface area contributed by atoms with E-state index in [2.05, 4.69) is 20.0 Å². The first-order chi connectivity index (χ1) is 19.4. The summed E-state index contributed by atoms with van der Waals surface area (Å²) in [6.07, 6.45) is 4.05. The van der Waals surface area contributed by atoms with Crippen LogP contribution in [0.1, 0.15) is 25.3 Å². The highest BCUT2D eigenvalue weighted by Gasteiger charge is 2.35. The molecule has 12 nitrogen and oxygen atoms in total. The van der Waals surface area contributed by atoms with Gasteiger partial charge in [0, 0.05) is 0 Å². The number of rotatable bonds is 12. The molecule has 5 rings (SSSR count). The Morgan fingerprint density at radius 3 is 2.60 bits per heavy atom. The second kappa shape index (κ2) is 12.6. The fourth-order valence-corrected chi connectivity index (χ4v) is 5.85. The molecule has 1 aliphatic rings. The minimum atomic E-state index is -3.99. The molecule has 210 valence electrons. The van der Waals surface area contributed by atoms with Gasteiger partial charge in [-0.25, -0.2) is 19.5 Å². The summed E-state index contributed by atoms with van der Waals surface area (Å²) in [7, 11) is -3.99. The van der Waals surface area contributed by atoms with Crippen molar-refractivity contribution in [3.8, 4) is 5.75 Å². The van der Waals surface area contributed by atoms with Crippen molar-refractivity contribution in [3.05, 3.63) is 78.9 Å². The lowest BCUT2D eigenvalue weighted by Gasteiger charge is -2.24. The maximum atomic E-state index is 13.8. The Morgan fingerprint density at radius 1 is 1.10 bits per heavy atom. The fourth-order valence-electron chi connectivity index (χ4n) is 4.32. The molecule has 40 heavy (non-hydrogen) atoms. The number of fused-ring (bicyclic) bond motifs is 1. The zero-order valence-electron chi connectivity index (χ0n) is 22.0. The third-order valence-electron chi connectivity index (χ3n) is 6.35. The monoisotopic (exact) mass is 566 g/mol. The Kier molecular flexibility index (Phi) is 8.71. The number of nitrogens with one attached hydrogen (secondary N) is 1. The molecule has 0 spiro atoms. The van der Waals surface area contributed by atoms with Crippen molar-refractivity contribution in [2.75, 3.05) is 12.3 Å². The predicted molar refractivity (Wildman–Crippen MR) is 147 cm³/mol. The minimum Gasteiger partial charge on any atom is -0.460 e. The molecular formula is C27H31N6O6P. The van der Waals surface area contributed by atoms with E-state index >= 15 is 0 Å². The van der Waals surface area contributed by atoms with Gasteiger partial charge in [0.25, 0.3) is 0 Å². The highest BCUT2D eigenvalue weighted by Crippen LogP contribution is 2.45. The maximum Gasteiger partial charge on any atom is 0.459 e. The molecule has 1 unspecified atom stereocenters. The SMILES string of the molecule is C[C@H](NP(=O)(OC[C@@H]1CC[C@H](Cn2cnc3c(N)ncnc32)O1)Oc1ccccc1)C(=O)OCc1ccccc1. The number of benzene rings is 2. The van der Waals surface area contributed by atoms with Crippen molar-refractivity contribution in [2.24, 2.45) is 0 Å². The highest BCUT2D eigenvalue weighted by molar-refractivity contribution is 7.52. The van der Waals surface area contributed by atoms with E-state index in [1.165, 1.54) is 6.33 Å². The first-order valence-corrected chi connectivity index (χ1v) is 14.5. The molecule has 1 fully saturated rings. The van der Waals surface area contributed by atoms with Gasteiger partial charge < -0.3 is 24.3 Å². The molecule has 3 N–H and O–H groups in total. The number of nitrogen functional groups attached to an aromatic ring is 1. The summed E-state index contributed by atoms with van der Waals surface area (Å²) in [5.74, 6) is 0.0717. The Balaban J connectivity index is 1.19. The Labute approximate surface area is 231 Å². The number of para-hydroxylation sites is 1. The molecule has 0 saturated carbocycles. The number of carbonyl (C=O) groups is 1. The largest absolute Gasteiger partial charge is 0.460 e. The van der Waals surface area contributed by atoms with Gasteiger partial charge in [-0.1, -0.05) is 48.5 Å². The van der Waals surface area contributed by atoms with Crippen LogP contribution in [0.2, 0.25) is 0 Å². The van der Waals surface area contributed by atoms with Gasteiger partial charge in [0.1, 0.15) is 30.2 Å². The van der Waals surface area contributed by atoms with Gasteiger partial charge in [-0.2, -0.15) is 5.09 Å². The molecule has 0 radical (unpaired) electrons. The Morgan fingerprint density at radius 2 is 1.82 bits per heavy atom. The zero-order valence-corrected chi connectivity index (χ0v) is 22.9. The molecule has 1 aliphatic heterocycles. The van der Waals surface area contributed by atoms with Crippen molar-refractivity contribution in [2.45, 2.75) is 51.2 Å². The van der Waals surface area contributed by atoms with Gasteiger partial charge in [0.05, 0.1) is 31.7 Å². The van der Waals surface area contributed by atoms with E-state index in [-0.39, 0.29) is 25.4 Å². The summed E-state index contributed by atoms with van der Waals surface area (Å²) in [4.78, 5) is 25.2. The van der Waals surface area contributed by atoms with E-state index in [9.17, 15) is 9.36 Å². The van der Waals surface area contributed by atoms with Gasteiger partial charge >= 0.3 is 13.7 Å². The second-order valence-corrected chi connectivity index (χ2v) is 11.1. The lowest BCUT2D eigenvalue weighted by Crippen LogP contribution is -2.35. The van der Waals surface area contributed by atoms with Crippen LogP contribution in [0, 0.1) is 0 Å². The summed E-state index contributed by atoms with van der Waals surface area (Å²) in [5, 5.41) is 2.72. The number of imidazole rings is 1. The average molecular weight is 567 g/mol. The lowest BCUT2D eigenvalue weighted by atomic mass is 10.2. The van der Waals surface area contributed by atoms with Gasteiger partial charge in [-0.3, -0.25) is 9.32 Å². The first-order valence-electron chi connectivity index (χ1n) is 12.9.